The Morgan fingerprint density at radius 1 is 0.895 bits per heavy atom. The Kier molecular flexibility index (Phi) is 3.89. The molecule has 110 valence electrons. The lowest BCUT2D eigenvalue weighted by Gasteiger charge is -2.45. The molecule has 3 heterocycles. The third kappa shape index (κ3) is 2.84. The molecule has 0 aromatic carbocycles. The first kappa shape index (κ1) is 13.8. The van der Waals surface area contributed by atoms with Gasteiger partial charge in [0.15, 0.2) is 0 Å². The van der Waals surface area contributed by atoms with E-state index in [4.69, 9.17) is 0 Å². The molecule has 0 aliphatic carbocycles. The van der Waals surface area contributed by atoms with Crippen LogP contribution < -0.4 is 5.32 Å². The highest BCUT2D eigenvalue weighted by atomic mass is 15.3. The molecule has 3 atom stereocenters. The zero-order valence-corrected chi connectivity index (χ0v) is 13.0. The molecular formula is C16H31N3. The Balaban J connectivity index is 1.65. The van der Waals surface area contributed by atoms with Crippen LogP contribution in [0.25, 0.3) is 0 Å². The van der Waals surface area contributed by atoms with Gasteiger partial charge in [-0.05, 0) is 31.2 Å². The first-order valence-corrected chi connectivity index (χ1v) is 8.27. The number of hydrogen-bond donors (Lipinski definition) is 1. The molecular weight excluding hydrogens is 234 g/mol. The quantitative estimate of drug-likeness (QED) is 0.781. The molecule has 3 heteroatoms. The molecule has 0 saturated carbocycles. The largest absolute Gasteiger partial charge is 0.311 e. The highest BCUT2D eigenvalue weighted by molar-refractivity contribution is 4.98. The standard InChI is InChI=1S/C16H31N3/c1-16(2,3)15-12-19(11-8-17-15)14-7-10-18-9-5-4-6-13(14)18/h13-15,17H,4-12H2,1-3H3. The lowest BCUT2D eigenvalue weighted by Crippen LogP contribution is -2.60. The molecule has 3 fully saturated rings. The summed E-state index contributed by atoms with van der Waals surface area (Å²) in [7, 11) is 0. The van der Waals surface area contributed by atoms with E-state index in [1.54, 1.807) is 0 Å². The minimum Gasteiger partial charge on any atom is -0.311 e. The van der Waals surface area contributed by atoms with Crippen LogP contribution in [-0.4, -0.2) is 60.6 Å². The van der Waals surface area contributed by atoms with Crippen molar-refractivity contribution in [2.45, 2.75) is 64.6 Å². The third-order valence-corrected chi connectivity index (χ3v) is 5.54. The van der Waals surface area contributed by atoms with Gasteiger partial charge in [-0.2, -0.15) is 0 Å². The first-order valence-electron chi connectivity index (χ1n) is 8.27. The molecule has 3 unspecified atom stereocenters. The second-order valence-corrected chi connectivity index (χ2v) is 7.82. The number of hydrogen-bond acceptors (Lipinski definition) is 3. The summed E-state index contributed by atoms with van der Waals surface area (Å²) in [5.41, 5.74) is 0.378. The highest BCUT2D eigenvalue weighted by Crippen LogP contribution is 2.32. The summed E-state index contributed by atoms with van der Waals surface area (Å²) in [6.07, 6.45) is 5.72. The zero-order valence-electron chi connectivity index (χ0n) is 13.0. The van der Waals surface area contributed by atoms with Crippen LogP contribution in [0.15, 0.2) is 0 Å². The molecule has 0 radical (unpaired) electrons. The number of nitrogens with zero attached hydrogens (tertiary/aromatic N) is 2. The Bertz CT molecular complexity index is 310. The van der Waals surface area contributed by atoms with Crippen LogP contribution in [0.5, 0.6) is 0 Å². The number of piperidine rings is 1. The van der Waals surface area contributed by atoms with Crippen molar-refractivity contribution >= 4 is 0 Å². The van der Waals surface area contributed by atoms with Gasteiger partial charge in [0, 0.05) is 44.3 Å². The van der Waals surface area contributed by atoms with E-state index in [2.05, 4.69) is 35.9 Å². The molecule has 0 spiro atoms. The minimum absolute atomic E-state index is 0.378. The molecule has 0 aromatic heterocycles. The van der Waals surface area contributed by atoms with Gasteiger partial charge in [0.25, 0.3) is 0 Å². The van der Waals surface area contributed by atoms with Crippen LogP contribution in [0.2, 0.25) is 0 Å². The Labute approximate surface area is 118 Å². The number of rotatable bonds is 1. The number of piperazine rings is 1. The average Bonchev–Trinajstić information content (AvgIpc) is 2.82. The third-order valence-electron chi connectivity index (χ3n) is 5.54. The fourth-order valence-electron chi connectivity index (χ4n) is 4.30. The molecule has 0 amide bonds. The second-order valence-electron chi connectivity index (χ2n) is 7.82. The van der Waals surface area contributed by atoms with Crippen molar-refractivity contribution in [1.82, 2.24) is 15.1 Å². The van der Waals surface area contributed by atoms with Crippen molar-refractivity contribution in [2.24, 2.45) is 5.41 Å². The number of fused-ring (bicyclic) bond motifs is 1. The summed E-state index contributed by atoms with van der Waals surface area (Å²) in [5, 5.41) is 3.73. The summed E-state index contributed by atoms with van der Waals surface area (Å²) in [6.45, 7) is 13.5. The normalized spacial score (nSPS) is 38.4. The smallest absolute Gasteiger partial charge is 0.0264 e. The van der Waals surface area contributed by atoms with Crippen molar-refractivity contribution in [3.63, 3.8) is 0 Å². The Morgan fingerprint density at radius 2 is 1.68 bits per heavy atom. The van der Waals surface area contributed by atoms with Crippen LogP contribution in [0, 0.1) is 5.41 Å². The lowest BCUT2D eigenvalue weighted by molar-refractivity contribution is 0.0663. The van der Waals surface area contributed by atoms with E-state index in [0.29, 0.717) is 11.5 Å². The average molecular weight is 265 g/mol. The van der Waals surface area contributed by atoms with Crippen LogP contribution in [0.1, 0.15) is 46.5 Å². The number of nitrogens with one attached hydrogen (secondary N) is 1. The Hall–Kier alpha value is -0.120. The second kappa shape index (κ2) is 5.34. The van der Waals surface area contributed by atoms with E-state index in [9.17, 15) is 0 Å². The lowest BCUT2D eigenvalue weighted by atomic mass is 9.84. The summed E-state index contributed by atoms with van der Waals surface area (Å²) in [5.74, 6) is 0. The SMILES string of the molecule is CC(C)(C)C1CN(C2CCN3CCCCC23)CCN1. The van der Waals surface area contributed by atoms with Crippen molar-refractivity contribution in [3.05, 3.63) is 0 Å². The van der Waals surface area contributed by atoms with Crippen molar-refractivity contribution in [3.8, 4) is 0 Å². The molecule has 1 N–H and O–H groups in total. The fraction of sp³-hybridized carbons (Fsp3) is 1.00. The minimum atomic E-state index is 0.378. The van der Waals surface area contributed by atoms with Crippen molar-refractivity contribution in [1.29, 1.82) is 0 Å². The Morgan fingerprint density at radius 3 is 2.47 bits per heavy atom. The van der Waals surface area contributed by atoms with Gasteiger partial charge < -0.3 is 5.32 Å². The van der Waals surface area contributed by atoms with Crippen molar-refractivity contribution in [2.75, 3.05) is 32.7 Å². The van der Waals surface area contributed by atoms with Gasteiger partial charge in [0.05, 0.1) is 0 Å². The van der Waals surface area contributed by atoms with Crippen LogP contribution in [-0.2, 0) is 0 Å². The molecule has 3 aliphatic heterocycles. The maximum absolute atomic E-state index is 3.73. The van der Waals surface area contributed by atoms with Gasteiger partial charge in [-0.15, -0.1) is 0 Å². The molecule has 19 heavy (non-hydrogen) atoms. The maximum Gasteiger partial charge on any atom is 0.0264 e. The molecule has 3 rings (SSSR count). The van der Waals surface area contributed by atoms with Gasteiger partial charge in [-0.1, -0.05) is 27.2 Å². The molecule has 3 saturated heterocycles. The first-order chi connectivity index (χ1) is 9.05. The highest BCUT2D eigenvalue weighted by Gasteiger charge is 2.41. The molecule has 3 nitrogen and oxygen atoms in total. The fourth-order valence-corrected chi connectivity index (χ4v) is 4.30. The van der Waals surface area contributed by atoms with Gasteiger partial charge >= 0.3 is 0 Å². The van der Waals surface area contributed by atoms with E-state index in [1.807, 2.05) is 0 Å². The monoisotopic (exact) mass is 265 g/mol. The molecule has 0 bridgehead atoms. The van der Waals surface area contributed by atoms with Crippen LogP contribution in [0.4, 0.5) is 0 Å². The molecule has 3 aliphatic rings. The van der Waals surface area contributed by atoms with Crippen molar-refractivity contribution < 1.29 is 0 Å². The van der Waals surface area contributed by atoms with E-state index in [0.717, 1.165) is 12.1 Å². The predicted molar refractivity (Wildman–Crippen MR) is 80.4 cm³/mol. The molecule has 0 aromatic rings. The van der Waals surface area contributed by atoms with Crippen LogP contribution in [0.3, 0.4) is 0 Å². The van der Waals surface area contributed by atoms with E-state index < -0.39 is 0 Å². The maximum atomic E-state index is 3.73. The van der Waals surface area contributed by atoms with Gasteiger partial charge in [-0.25, -0.2) is 0 Å². The van der Waals surface area contributed by atoms with Gasteiger partial charge in [0.2, 0.25) is 0 Å². The van der Waals surface area contributed by atoms with Crippen LogP contribution >= 0.6 is 0 Å². The van der Waals surface area contributed by atoms with Gasteiger partial charge in [-0.3, -0.25) is 9.80 Å². The predicted octanol–water partition coefficient (Wildman–Crippen LogP) is 1.93. The summed E-state index contributed by atoms with van der Waals surface area (Å²) < 4.78 is 0. The summed E-state index contributed by atoms with van der Waals surface area (Å²) >= 11 is 0. The summed E-state index contributed by atoms with van der Waals surface area (Å²) in [6, 6.07) is 2.36. The van der Waals surface area contributed by atoms with E-state index in [-0.39, 0.29) is 0 Å². The summed E-state index contributed by atoms with van der Waals surface area (Å²) in [4.78, 5) is 5.57. The van der Waals surface area contributed by atoms with E-state index >= 15 is 0 Å². The van der Waals surface area contributed by atoms with Gasteiger partial charge in [0.1, 0.15) is 0 Å². The zero-order chi connectivity index (χ0) is 13.5. The van der Waals surface area contributed by atoms with E-state index in [1.165, 1.54) is 58.4 Å². The topological polar surface area (TPSA) is 18.5 Å².